The van der Waals surface area contributed by atoms with E-state index in [9.17, 15) is 4.79 Å². The molecule has 1 unspecified atom stereocenters. The van der Waals surface area contributed by atoms with Gasteiger partial charge in [0.1, 0.15) is 0 Å². The predicted octanol–water partition coefficient (Wildman–Crippen LogP) is 3.66. The summed E-state index contributed by atoms with van der Waals surface area (Å²) in [6.45, 7) is 5.66. The maximum absolute atomic E-state index is 13.3. The molecule has 1 fully saturated rings. The number of carbonyl (C=O) groups excluding carboxylic acids is 1. The number of carbonyl (C=O) groups is 1. The van der Waals surface area contributed by atoms with Crippen molar-refractivity contribution in [3.63, 3.8) is 0 Å². The molecule has 0 aliphatic carbocycles. The van der Waals surface area contributed by atoms with Gasteiger partial charge in [-0.05, 0) is 30.0 Å². The average molecular weight is 411 g/mol. The van der Waals surface area contributed by atoms with E-state index in [1.165, 1.54) is 0 Å². The van der Waals surface area contributed by atoms with Gasteiger partial charge in [-0.1, -0.05) is 42.5 Å². The van der Waals surface area contributed by atoms with E-state index in [0.717, 1.165) is 41.7 Å². The second-order valence-electron chi connectivity index (χ2n) is 7.11. The highest BCUT2D eigenvalue weighted by molar-refractivity contribution is 6.04. The molecule has 6 heteroatoms. The van der Waals surface area contributed by atoms with Gasteiger partial charge in [-0.15, -0.1) is 12.4 Å². The van der Waals surface area contributed by atoms with Crippen LogP contribution in [0.25, 0.3) is 10.8 Å². The Bertz CT molecular complexity index is 945. The number of nitrogens with zero attached hydrogens (tertiary/aromatic N) is 3. The van der Waals surface area contributed by atoms with Crippen molar-refractivity contribution in [3.8, 4) is 0 Å². The Kier molecular flexibility index (Phi) is 7.20. The third kappa shape index (κ3) is 4.58. The second-order valence-corrected chi connectivity index (χ2v) is 7.11. The Balaban J connectivity index is 0.00000240. The molecular formula is C23H27ClN4O. The lowest BCUT2D eigenvalue weighted by Gasteiger charge is -2.37. The second kappa shape index (κ2) is 9.83. The van der Waals surface area contributed by atoms with Crippen LogP contribution in [0.3, 0.4) is 0 Å². The van der Waals surface area contributed by atoms with E-state index >= 15 is 0 Å². The Morgan fingerprint density at radius 1 is 1.17 bits per heavy atom. The van der Waals surface area contributed by atoms with Crippen LogP contribution in [-0.4, -0.2) is 48.5 Å². The van der Waals surface area contributed by atoms with E-state index in [4.69, 9.17) is 0 Å². The maximum Gasteiger partial charge on any atom is 0.241 e. The Hall–Kier alpha value is -2.47. The van der Waals surface area contributed by atoms with Gasteiger partial charge in [-0.25, -0.2) is 0 Å². The summed E-state index contributed by atoms with van der Waals surface area (Å²) in [6, 6.07) is 18.6. The fourth-order valence-electron chi connectivity index (χ4n) is 4.02. The van der Waals surface area contributed by atoms with Crippen LogP contribution in [0, 0.1) is 0 Å². The number of nitrogens with one attached hydrogen (secondary N) is 1. The number of aromatic nitrogens is 1. The summed E-state index contributed by atoms with van der Waals surface area (Å²) in [5, 5.41) is 5.71. The lowest BCUT2D eigenvalue weighted by atomic mass is 10.0. The van der Waals surface area contributed by atoms with Gasteiger partial charge >= 0.3 is 0 Å². The summed E-state index contributed by atoms with van der Waals surface area (Å²) in [5.74, 6) is 0.134. The number of hydrogen-bond donors (Lipinski definition) is 1. The van der Waals surface area contributed by atoms with Gasteiger partial charge in [0.2, 0.25) is 5.91 Å². The molecular weight excluding hydrogens is 384 g/mol. The standard InChI is InChI=1S/C23H26N4O.ClH/c1-2-27(21-11-5-8-18-7-3-4-10-20(18)21)23(28)17-26-14-13-25-16-22(26)19-9-6-12-24-15-19;/h3-12,15,22,25H,2,13-14,16-17H2,1H3;1H. The fourth-order valence-corrected chi connectivity index (χ4v) is 4.02. The van der Waals surface area contributed by atoms with E-state index in [1.807, 2.05) is 48.4 Å². The van der Waals surface area contributed by atoms with Crippen molar-refractivity contribution in [1.29, 1.82) is 0 Å². The number of halogens is 1. The van der Waals surface area contributed by atoms with Crippen LogP contribution in [0.4, 0.5) is 5.69 Å². The van der Waals surface area contributed by atoms with Gasteiger partial charge in [-0.2, -0.15) is 0 Å². The van der Waals surface area contributed by atoms with Gasteiger partial charge in [0, 0.05) is 50.0 Å². The van der Waals surface area contributed by atoms with E-state index in [1.54, 1.807) is 6.20 Å². The molecule has 4 rings (SSSR count). The Morgan fingerprint density at radius 3 is 2.79 bits per heavy atom. The Labute approximate surface area is 178 Å². The molecule has 1 aliphatic rings. The largest absolute Gasteiger partial charge is 0.314 e. The van der Waals surface area contributed by atoms with Crippen molar-refractivity contribution in [2.45, 2.75) is 13.0 Å². The normalized spacial score (nSPS) is 16.9. The van der Waals surface area contributed by atoms with Crippen molar-refractivity contribution >= 4 is 34.8 Å². The third-order valence-electron chi connectivity index (χ3n) is 5.44. The maximum atomic E-state index is 13.3. The molecule has 1 N–H and O–H groups in total. The summed E-state index contributed by atoms with van der Waals surface area (Å²) in [7, 11) is 0. The van der Waals surface area contributed by atoms with Crippen LogP contribution < -0.4 is 10.2 Å². The van der Waals surface area contributed by atoms with Crippen molar-refractivity contribution in [2.24, 2.45) is 0 Å². The molecule has 0 bridgehead atoms. The van der Waals surface area contributed by atoms with Gasteiger partial charge < -0.3 is 10.2 Å². The first-order chi connectivity index (χ1) is 13.8. The SMILES string of the molecule is CCN(C(=O)CN1CCNCC1c1cccnc1)c1cccc2ccccc12.Cl. The number of amides is 1. The number of piperazine rings is 1. The van der Waals surface area contributed by atoms with E-state index < -0.39 is 0 Å². The molecule has 0 spiro atoms. The first kappa shape index (κ1) is 21.2. The van der Waals surface area contributed by atoms with Crippen LogP contribution in [0.5, 0.6) is 0 Å². The molecule has 1 saturated heterocycles. The van der Waals surface area contributed by atoms with Crippen LogP contribution in [0.15, 0.2) is 67.0 Å². The summed E-state index contributed by atoms with van der Waals surface area (Å²) in [4.78, 5) is 21.7. The molecule has 1 aromatic heterocycles. The zero-order valence-corrected chi connectivity index (χ0v) is 17.4. The first-order valence-corrected chi connectivity index (χ1v) is 9.90. The third-order valence-corrected chi connectivity index (χ3v) is 5.44. The van der Waals surface area contributed by atoms with Gasteiger partial charge in [0.05, 0.1) is 12.2 Å². The van der Waals surface area contributed by atoms with Gasteiger partial charge in [-0.3, -0.25) is 14.7 Å². The molecule has 29 heavy (non-hydrogen) atoms. The summed E-state index contributed by atoms with van der Waals surface area (Å²) < 4.78 is 0. The Morgan fingerprint density at radius 2 is 2.00 bits per heavy atom. The summed E-state index contributed by atoms with van der Waals surface area (Å²) >= 11 is 0. The fraction of sp³-hybridized carbons (Fsp3) is 0.304. The van der Waals surface area contributed by atoms with Crippen molar-refractivity contribution < 1.29 is 4.79 Å². The molecule has 3 aromatic rings. The van der Waals surface area contributed by atoms with Crippen LogP contribution in [0.2, 0.25) is 0 Å². The number of rotatable bonds is 5. The number of pyridine rings is 1. The lowest BCUT2D eigenvalue weighted by molar-refractivity contribution is -0.120. The smallest absolute Gasteiger partial charge is 0.241 e. The van der Waals surface area contributed by atoms with E-state index in [-0.39, 0.29) is 24.4 Å². The number of likely N-dealkylation sites (N-methyl/N-ethyl adjacent to an activating group) is 1. The number of hydrogen-bond acceptors (Lipinski definition) is 4. The average Bonchev–Trinajstić information content (AvgIpc) is 2.75. The van der Waals surface area contributed by atoms with Crippen LogP contribution >= 0.6 is 12.4 Å². The topological polar surface area (TPSA) is 48.5 Å². The molecule has 1 atom stereocenters. The number of fused-ring (bicyclic) bond motifs is 1. The zero-order chi connectivity index (χ0) is 19.3. The predicted molar refractivity (Wildman–Crippen MR) is 121 cm³/mol. The highest BCUT2D eigenvalue weighted by Gasteiger charge is 2.27. The lowest BCUT2D eigenvalue weighted by Crippen LogP contribution is -2.50. The van der Waals surface area contributed by atoms with Crippen molar-refractivity contribution in [3.05, 3.63) is 72.6 Å². The quantitative estimate of drug-likeness (QED) is 0.697. The number of anilines is 1. The van der Waals surface area contributed by atoms with Crippen LogP contribution in [-0.2, 0) is 4.79 Å². The molecule has 2 aromatic carbocycles. The highest BCUT2D eigenvalue weighted by Crippen LogP contribution is 2.28. The molecule has 0 saturated carbocycles. The minimum Gasteiger partial charge on any atom is -0.314 e. The molecule has 1 amide bonds. The molecule has 2 heterocycles. The van der Waals surface area contributed by atoms with Gasteiger partial charge in [0.25, 0.3) is 0 Å². The van der Waals surface area contributed by atoms with Gasteiger partial charge in [0.15, 0.2) is 0 Å². The molecule has 0 radical (unpaired) electrons. The highest BCUT2D eigenvalue weighted by atomic mass is 35.5. The summed E-state index contributed by atoms with van der Waals surface area (Å²) in [5.41, 5.74) is 2.13. The van der Waals surface area contributed by atoms with Crippen molar-refractivity contribution in [1.82, 2.24) is 15.2 Å². The summed E-state index contributed by atoms with van der Waals surface area (Å²) in [6.07, 6.45) is 3.69. The molecule has 1 aliphatic heterocycles. The molecule has 5 nitrogen and oxygen atoms in total. The van der Waals surface area contributed by atoms with Crippen LogP contribution in [0.1, 0.15) is 18.5 Å². The number of benzene rings is 2. The minimum absolute atomic E-state index is 0. The van der Waals surface area contributed by atoms with E-state index in [2.05, 4.69) is 39.5 Å². The molecule has 152 valence electrons. The van der Waals surface area contributed by atoms with E-state index in [0.29, 0.717) is 13.1 Å². The zero-order valence-electron chi connectivity index (χ0n) is 16.6. The first-order valence-electron chi connectivity index (χ1n) is 9.90. The minimum atomic E-state index is 0. The monoisotopic (exact) mass is 410 g/mol. The van der Waals surface area contributed by atoms with Crippen molar-refractivity contribution in [2.75, 3.05) is 37.6 Å².